The van der Waals surface area contributed by atoms with Gasteiger partial charge in [0.05, 0.1) is 17.4 Å². The van der Waals surface area contributed by atoms with E-state index in [1.807, 2.05) is 36.1 Å². The fourth-order valence-corrected chi connectivity index (χ4v) is 6.05. The van der Waals surface area contributed by atoms with Gasteiger partial charge in [-0.3, -0.25) is 14.4 Å². The molecule has 0 aromatic heterocycles. The first-order chi connectivity index (χ1) is 15.8. The molecule has 2 saturated heterocycles. The largest absolute Gasteiger partial charge is 0.396 e. The Hall–Kier alpha value is -2.19. The summed E-state index contributed by atoms with van der Waals surface area (Å²) >= 11 is 0. The summed E-state index contributed by atoms with van der Waals surface area (Å²) < 4.78 is 6.73. The van der Waals surface area contributed by atoms with E-state index in [-0.39, 0.29) is 24.3 Å². The van der Waals surface area contributed by atoms with E-state index in [0.717, 1.165) is 19.3 Å². The number of unbranched alkanes of at least 4 members (excludes halogenated alkanes) is 3. The van der Waals surface area contributed by atoms with Crippen LogP contribution in [0.25, 0.3) is 0 Å². The highest BCUT2D eigenvalue weighted by atomic mass is 16.5. The number of aliphatic hydroxyl groups is 1. The molecular formula is C25H37N3O5. The van der Waals surface area contributed by atoms with Crippen molar-refractivity contribution in [2.75, 3.05) is 39.8 Å². The van der Waals surface area contributed by atoms with Crippen LogP contribution in [0, 0.1) is 11.8 Å². The zero-order valence-corrected chi connectivity index (χ0v) is 20.0. The second-order valence-electron chi connectivity index (χ2n) is 9.97. The summed E-state index contributed by atoms with van der Waals surface area (Å²) in [5.41, 5.74) is -2.11. The molecule has 0 aromatic carbocycles. The maximum Gasteiger partial charge on any atom is 0.249 e. The highest BCUT2D eigenvalue weighted by Gasteiger charge is 2.74. The van der Waals surface area contributed by atoms with Crippen molar-refractivity contribution < 1.29 is 24.2 Å². The Morgan fingerprint density at radius 2 is 1.73 bits per heavy atom. The van der Waals surface area contributed by atoms with E-state index >= 15 is 0 Å². The number of hydrogen-bond acceptors (Lipinski definition) is 5. The van der Waals surface area contributed by atoms with Crippen LogP contribution in [0.3, 0.4) is 0 Å². The molecule has 4 heterocycles. The minimum absolute atomic E-state index is 0.101. The van der Waals surface area contributed by atoms with Gasteiger partial charge in [-0.15, -0.1) is 0 Å². The van der Waals surface area contributed by atoms with E-state index in [9.17, 15) is 14.4 Å². The highest BCUT2D eigenvalue weighted by Crippen LogP contribution is 2.57. The van der Waals surface area contributed by atoms with Gasteiger partial charge in [0.25, 0.3) is 0 Å². The molecule has 5 atom stereocenters. The molecule has 4 rings (SSSR count). The molecular weight excluding hydrogens is 422 g/mol. The summed E-state index contributed by atoms with van der Waals surface area (Å²) in [6, 6.07) is -0.782. The minimum atomic E-state index is -1.16. The van der Waals surface area contributed by atoms with Crippen molar-refractivity contribution in [2.45, 2.75) is 63.2 Å². The molecule has 8 heteroatoms. The summed E-state index contributed by atoms with van der Waals surface area (Å²) in [7, 11) is 1.74. The Labute approximate surface area is 196 Å². The molecule has 2 fully saturated rings. The zero-order chi connectivity index (χ0) is 23.8. The summed E-state index contributed by atoms with van der Waals surface area (Å²) in [5.74, 6) is -1.82. The van der Waals surface area contributed by atoms with Crippen LogP contribution in [-0.4, -0.2) is 94.6 Å². The van der Waals surface area contributed by atoms with Gasteiger partial charge in [-0.25, -0.2) is 0 Å². The summed E-state index contributed by atoms with van der Waals surface area (Å²) in [6.07, 6.45) is 11.6. The second-order valence-corrected chi connectivity index (χ2v) is 9.97. The van der Waals surface area contributed by atoms with E-state index in [0.29, 0.717) is 39.0 Å². The number of rotatable bonds is 8. The monoisotopic (exact) mass is 459 g/mol. The van der Waals surface area contributed by atoms with E-state index in [2.05, 4.69) is 6.92 Å². The number of ether oxygens (including phenoxy) is 1. The van der Waals surface area contributed by atoms with Crippen LogP contribution >= 0.6 is 0 Å². The normalized spacial score (nSPS) is 35.6. The van der Waals surface area contributed by atoms with Gasteiger partial charge in [0.2, 0.25) is 17.7 Å². The van der Waals surface area contributed by atoms with Gasteiger partial charge in [0.15, 0.2) is 0 Å². The summed E-state index contributed by atoms with van der Waals surface area (Å²) in [4.78, 5) is 46.4. The molecule has 1 spiro atoms. The number of hydrogen-bond donors (Lipinski definition) is 1. The first kappa shape index (κ1) is 24.0. The number of likely N-dealkylation sites (tertiary alicyclic amines) is 1. The molecule has 3 amide bonds. The van der Waals surface area contributed by atoms with Crippen LogP contribution in [-0.2, 0) is 19.1 Å². The van der Waals surface area contributed by atoms with E-state index in [4.69, 9.17) is 9.84 Å². The predicted molar refractivity (Wildman–Crippen MR) is 123 cm³/mol. The Morgan fingerprint density at radius 3 is 2.45 bits per heavy atom. The minimum Gasteiger partial charge on any atom is -0.396 e. The fourth-order valence-electron chi connectivity index (χ4n) is 6.05. The third kappa shape index (κ3) is 3.81. The lowest BCUT2D eigenvalue weighted by atomic mass is 9.74. The van der Waals surface area contributed by atoms with Gasteiger partial charge in [-0.2, -0.15) is 0 Å². The molecule has 1 N–H and O–H groups in total. The molecule has 1 unspecified atom stereocenters. The molecule has 8 nitrogen and oxygen atoms in total. The van der Waals surface area contributed by atoms with Crippen molar-refractivity contribution in [2.24, 2.45) is 11.8 Å². The van der Waals surface area contributed by atoms with E-state index in [1.165, 1.54) is 0 Å². The lowest BCUT2D eigenvalue weighted by Gasteiger charge is -2.37. The van der Waals surface area contributed by atoms with Gasteiger partial charge in [0, 0.05) is 39.8 Å². The number of nitrogens with zero attached hydrogens (tertiary/aromatic N) is 3. The van der Waals surface area contributed by atoms with Crippen molar-refractivity contribution >= 4 is 17.7 Å². The van der Waals surface area contributed by atoms with Gasteiger partial charge < -0.3 is 24.5 Å². The first-order valence-electron chi connectivity index (χ1n) is 12.3. The summed E-state index contributed by atoms with van der Waals surface area (Å²) in [5, 5.41) is 9.14. The zero-order valence-electron chi connectivity index (χ0n) is 20.0. The van der Waals surface area contributed by atoms with Gasteiger partial charge >= 0.3 is 0 Å². The molecule has 182 valence electrons. The molecule has 0 radical (unpaired) electrons. The Balaban J connectivity index is 1.76. The maximum atomic E-state index is 13.9. The van der Waals surface area contributed by atoms with Crippen LogP contribution < -0.4 is 0 Å². The molecule has 0 aromatic rings. The van der Waals surface area contributed by atoms with Crippen LogP contribution in [0.5, 0.6) is 0 Å². The SMILES string of the molecule is CCCCN1CC=C[C@]23O[C@]4(C)C=CCN(C)C(=O)[C@@H]4[C@H]2C(=O)N(CCCCCO)C3C1=O. The number of fused-ring (bicyclic) bond motifs is 2. The lowest BCUT2D eigenvalue weighted by molar-refractivity contribution is -0.152. The van der Waals surface area contributed by atoms with Gasteiger partial charge in [0.1, 0.15) is 11.6 Å². The highest BCUT2D eigenvalue weighted by molar-refractivity contribution is 6.00. The molecule has 4 aliphatic rings. The third-order valence-electron chi connectivity index (χ3n) is 7.68. The predicted octanol–water partition coefficient (Wildman–Crippen LogP) is 1.35. The Kier molecular flexibility index (Phi) is 6.69. The molecule has 0 saturated carbocycles. The van der Waals surface area contributed by atoms with E-state index in [1.54, 1.807) is 16.8 Å². The van der Waals surface area contributed by atoms with Crippen LogP contribution in [0.2, 0.25) is 0 Å². The second kappa shape index (κ2) is 9.22. The number of aliphatic hydroxyl groups excluding tert-OH is 1. The van der Waals surface area contributed by atoms with Gasteiger partial charge in [-0.05, 0) is 32.6 Å². The van der Waals surface area contributed by atoms with Gasteiger partial charge in [-0.1, -0.05) is 37.6 Å². The fraction of sp³-hybridized carbons (Fsp3) is 0.720. The maximum absolute atomic E-state index is 13.9. The van der Waals surface area contributed by atoms with E-state index < -0.39 is 29.1 Å². The topological polar surface area (TPSA) is 90.4 Å². The van der Waals surface area contributed by atoms with Crippen LogP contribution in [0.1, 0.15) is 46.0 Å². The number of amides is 3. The number of likely N-dealkylation sites (N-methyl/N-ethyl adjacent to an activating group) is 1. The summed E-state index contributed by atoms with van der Waals surface area (Å²) in [6.45, 7) is 6.05. The smallest absolute Gasteiger partial charge is 0.249 e. The average molecular weight is 460 g/mol. The van der Waals surface area contributed by atoms with Crippen molar-refractivity contribution in [3.8, 4) is 0 Å². The molecule has 4 aliphatic heterocycles. The first-order valence-corrected chi connectivity index (χ1v) is 12.3. The Morgan fingerprint density at radius 1 is 0.970 bits per heavy atom. The van der Waals surface area contributed by atoms with Crippen molar-refractivity contribution in [3.63, 3.8) is 0 Å². The van der Waals surface area contributed by atoms with Crippen molar-refractivity contribution in [1.82, 2.24) is 14.7 Å². The molecule has 33 heavy (non-hydrogen) atoms. The molecule has 0 bridgehead atoms. The average Bonchev–Trinajstić information content (AvgIpc) is 3.06. The van der Waals surface area contributed by atoms with Crippen molar-refractivity contribution in [3.05, 3.63) is 24.3 Å². The number of carbonyl (C=O) groups excluding carboxylic acids is 3. The van der Waals surface area contributed by atoms with Crippen molar-refractivity contribution in [1.29, 1.82) is 0 Å². The van der Waals surface area contributed by atoms with Crippen LogP contribution in [0.15, 0.2) is 24.3 Å². The number of carbonyl (C=O) groups is 3. The quantitative estimate of drug-likeness (QED) is 0.437. The standard InChI is InChI=1S/C25H37N3O5/c1-4-5-14-27-15-10-12-25-19(18-21(30)26(3)13-9-11-24(18,2)33-25)22(31)28(20(25)23(27)32)16-7-6-8-17-29/h9-12,18-20,29H,4-8,13-17H2,1-3H3/t18-,19-,20?,24+,25-/m0/s1. The molecule has 0 aliphatic carbocycles. The Bertz CT molecular complexity index is 857. The van der Waals surface area contributed by atoms with Crippen LogP contribution in [0.4, 0.5) is 0 Å². The lowest BCUT2D eigenvalue weighted by Crippen LogP contribution is -2.56. The third-order valence-corrected chi connectivity index (χ3v) is 7.68.